The van der Waals surface area contributed by atoms with Crippen molar-refractivity contribution in [3.05, 3.63) is 47.8 Å². The first-order chi connectivity index (χ1) is 10.7. The van der Waals surface area contributed by atoms with Gasteiger partial charge < -0.3 is 10.1 Å². The van der Waals surface area contributed by atoms with Gasteiger partial charge in [-0.25, -0.2) is 9.37 Å². The summed E-state index contributed by atoms with van der Waals surface area (Å²) in [4.78, 5) is 4.47. The molecule has 1 aromatic heterocycles. The van der Waals surface area contributed by atoms with Gasteiger partial charge in [0.15, 0.2) is 0 Å². The van der Waals surface area contributed by atoms with E-state index >= 15 is 0 Å². The summed E-state index contributed by atoms with van der Waals surface area (Å²) in [6, 6.07) is 11.5. The van der Waals surface area contributed by atoms with Gasteiger partial charge in [0.2, 0.25) is 5.88 Å². The number of fused-ring (bicyclic) bond motifs is 1. The third kappa shape index (κ3) is 2.32. The molecule has 0 spiro atoms. The molecule has 0 bridgehead atoms. The second-order valence-electron chi connectivity index (χ2n) is 5.77. The number of nitrogens with one attached hydrogen (secondary N) is 1. The molecule has 22 heavy (non-hydrogen) atoms. The van der Waals surface area contributed by atoms with Gasteiger partial charge in [0.05, 0.1) is 17.3 Å². The molecule has 1 N–H and O–H groups in total. The lowest BCUT2D eigenvalue weighted by atomic mass is 10.1. The summed E-state index contributed by atoms with van der Waals surface area (Å²) in [5, 5.41) is 12.5. The SMILES string of the molecule is N#Cc1cc(OC2[C@H]3CNC[C@@H]23)nc(-c2ccc(F)cc2)c1. The Bertz CT molecular complexity index is 743. The highest BCUT2D eigenvalue weighted by molar-refractivity contribution is 5.61. The fourth-order valence-electron chi connectivity index (χ4n) is 3.07. The summed E-state index contributed by atoms with van der Waals surface area (Å²) in [6.45, 7) is 1.97. The van der Waals surface area contributed by atoms with Crippen LogP contribution in [0.1, 0.15) is 5.56 Å². The zero-order valence-electron chi connectivity index (χ0n) is 11.8. The first-order valence-electron chi connectivity index (χ1n) is 7.30. The van der Waals surface area contributed by atoms with Crippen LogP contribution >= 0.6 is 0 Å². The van der Waals surface area contributed by atoms with Gasteiger partial charge in [0.1, 0.15) is 11.9 Å². The molecule has 2 heterocycles. The Hall–Kier alpha value is -2.45. The van der Waals surface area contributed by atoms with Crippen LogP contribution in [0.5, 0.6) is 5.88 Å². The number of hydrogen-bond acceptors (Lipinski definition) is 4. The highest BCUT2D eigenvalue weighted by Crippen LogP contribution is 2.44. The van der Waals surface area contributed by atoms with Crippen LogP contribution in [-0.4, -0.2) is 24.2 Å². The molecule has 0 radical (unpaired) electrons. The number of nitrogens with zero attached hydrogens (tertiary/aromatic N) is 2. The molecule has 1 unspecified atom stereocenters. The van der Waals surface area contributed by atoms with Crippen molar-refractivity contribution in [3.8, 4) is 23.2 Å². The van der Waals surface area contributed by atoms with Crippen molar-refractivity contribution in [2.75, 3.05) is 13.1 Å². The number of nitriles is 1. The fraction of sp³-hybridized carbons (Fsp3) is 0.294. The fourth-order valence-corrected chi connectivity index (χ4v) is 3.07. The zero-order chi connectivity index (χ0) is 15.1. The number of ether oxygens (including phenoxy) is 1. The minimum absolute atomic E-state index is 0.198. The molecule has 0 amide bonds. The lowest BCUT2D eigenvalue weighted by Gasteiger charge is -2.10. The van der Waals surface area contributed by atoms with E-state index in [4.69, 9.17) is 4.74 Å². The van der Waals surface area contributed by atoms with Crippen molar-refractivity contribution in [2.45, 2.75) is 6.10 Å². The normalized spacial score (nSPS) is 25.4. The minimum Gasteiger partial charge on any atom is -0.474 e. The van der Waals surface area contributed by atoms with Crippen LogP contribution in [0.2, 0.25) is 0 Å². The van der Waals surface area contributed by atoms with Crippen LogP contribution in [0.4, 0.5) is 4.39 Å². The Morgan fingerprint density at radius 1 is 1.18 bits per heavy atom. The third-order valence-electron chi connectivity index (χ3n) is 4.34. The van der Waals surface area contributed by atoms with E-state index in [-0.39, 0.29) is 11.9 Å². The van der Waals surface area contributed by atoms with E-state index in [1.807, 2.05) is 0 Å². The summed E-state index contributed by atoms with van der Waals surface area (Å²) in [5.41, 5.74) is 1.88. The smallest absolute Gasteiger partial charge is 0.215 e. The largest absolute Gasteiger partial charge is 0.474 e. The molecule has 1 aromatic carbocycles. The van der Waals surface area contributed by atoms with Crippen molar-refractivity contribution in [1.82, 2.24) is 10.3 Å². The molecule has 4 nitrogen and oxygen atoms in total. The second-order valence-corrected chi connectivity index (χ2v) is 5.77. The van der Waals surface area contributed by atoms with Gasteiger partial charge in [-0.1, -0.05) is 0 Å². The second kappa shape index (κ2) is 5.08. The summed E-state index contributed by atoms with van der Waals surface area (Å²) in [6.07, 6.45) is 0.198. The maximum absolute atomic E-state index is 13.0. The topological polar surface area (TPSA) is 57.9 Å². The van der Waals surface area contributed by atoms with Gasteiger partial charge >= 0.3 is 0 Å². The average molecular weight is 295 g/mol. The molecular weight excluding hydrogens is 281 g/mol. The number of piperidine rings is 1. The van der Waals surface area contributed by atoms with E-state index in [9.17, 15) is 9.65 Å². The Labute approximate surface area is 127 Å². The Morgan fingerprint density at radius 3 is 2.59 bits per heavy atom. The quantitative estimate of drug-likeness (QED) is 0.944. The van der Waals surface area contributed by atoms with Crippen LogP contribution in [0, 0.1) is 29.0 Å². The summed E-state index contributed by atoms with van der Waals surface area (Å²) >= 11 is 0. The van der Waals surface area contributed by atoms with E-state index in [0.29, 0.717) is 29.0 Å². The van der Waals surface area contributed by atoms with E-state index in [0.717, 1.165) is 18.7 Å². The molecule has 4 rings (SSSR count). The molecular formula is C17H14FN3O. The van der Waals surface area contributed by atoms with Crippen molar-refractivity contribution in [2.24, 2.45) is 11.8 Å². The lowest BCUT2D eigenvalue weighted by molar-refractivity contribution is 0.252. The number of aromatic nitrogens is 1. The van der Waals surface area contributed by atoms with Crippen molar-refractivity contribution < 1.29 is 9.13 Å². The van der Waals surface area contributed by atoms with Gasteiger partial charge in [0, 0.05) is 36.6 Å². The molecule has 110 valence electrons. The molecule has 1 aliphatic heterocycles. The number of hydrogen-bond donors (Lipinski definition) is 1. The van der Waals surface area contributed by atoms with Gasteiger partial charge in [-0.3, -0.25) is 0 Å². The molecule has 1 aliphatic carbocycles. The molecule has 2 aliphatic rings. The minimum atomic E-state index is -0.296. The van der Waals surface area contributed by atoms with Crippen LogP contribution in [0.15, 0.2) is 36.4 Å². The predicted molar refractivity (Wildman–Crippen MR) is 78.6 cm³/mol. The molecule has 5 heteroatoms. The maximum Gasteiger partial charge on any atom is 0.215 e. The Kier molecular flexibility index (Phi) is 3.05. The van der Waals surface area contributed by atoms with E-state index < -0.39 is 0 Å². The number of halogens is 1. The molecule has 2 fully saturated rings. The van der Waals surface area contributed by atoms with Crippen LogP contribution in [-0.2, 0) is 0 Å². The van der Waals surface area contributed by atoms with Gasteiger partial charge in [-0.15, -0.1) is 0 Å². The van der Waals surface area contributed by atoms with Gasteiger partial charge in [-0.2, -0.15) is 5.26 Å². The van der Waals surface area contributed by atoms with E-state index in [1.165, 1.54) is 12.1 Å². The standard InChI is InChI=1S/C17H14FN3O/c18-12-3-1-11(2-4-12)15-5-10(7-19)6-16(21-15)22-17-13-8-20-9-14(13)17/h1-6,13-14,17,20H,8-9H2/t13-,14+,17?. The van der Waals surface area contributed by atoms with Crippen molar-refractivity contribution in [1.29, 1.82) is 5.26 Å². The monoisotopic (exact) mass is 295 g/mol. The van der Waals surface area contributed by atoms with Gasteiger partial charge in [-0.05, 0) is 30.3 Å². The van der Waals surface area contributed by atoms with Crippen molar-refractivity contribution >= 4 is 0 Å². The first kappa shape index (κ1) is 13.2. The highest BCUT2D eigenvalue weighted by atomic mass is 19.1. The average Bonchev–Trinajstić information content (AvgIpc) is 2.97. The predicted octanol–water partition coefficient (Wildman–Crippen LogP) is 2.36. The van der Waals surface area contributed by atoms with Crippen molar-refractivity contribution in [3.63, 3.8) is 0 Å². The molecule has 1 saturated carbocycles. The summed E-state index contributed by atoms with van der Waals surface area (Å²) in [5.74, 6) is 1.29. The van der Waals surface area contributed by atoms with Gasteiger partial charge in [0.25, 0.3) is 0 Å². The van der Waals surface area contributed by atoms with Crippen LogP contribution in [0.3, 0.4) is 0 Å². The van der Waals surface area contributed by atoms with Crippen LogP contribution < -0.4 is 10.1 Å². The molecule has 1 saturated heterocycles. The summed E-state index contributed by atoms with van der Waals surface area (Å²) < 4.78 is 19.0. The van der Waals surface area contributed by atoms with E-state index in [1.54, 1.807) is 24.3 Å². The lowest BCUT2D eigenvalue weighted by Crippen LogP contribution is -2.20. The Morgan fingerprint density at radius 2 is 1.91 bits per heavy atom. The molecule has 2 aromatic rings. The van der Waals surface area contributed by atoms with Crippen LogP contribution in [0.25, 0.3) is 11.3 Å². The maximum atomic E-state index is 13.0. The number of benzene rings is 1. The molecule has 3 atom stereocenters. The zero-order valence-corrected chi connectivity index (χ0v) is 11.8. The third-order valence-corrected chi connectivity index (χ3v) is 4.34. The number of pyridine rings is 1. The first-order valence-corrected chi connectivity index (χ1v) is 7.30. The number of rotatable bonds is 3. The Balaban J connectivity index is 1.63. The highest BCUT2D eigenvalue weighted by Gasteiger charge is 2.55. The van der Waals surface area contributed by atoms with E-state index in [2.05, 4.69) is 16.4 Å². The summed E-state index contributed by atoms with van der Waals surface area (Å²) in [7, 11) is 0.